The predicted octanol–water partition coefficient (Wildman–Crippen LogP) is 6.29. The molecule has 0 aliphatic carbocycles. The van der Waals surface area contributed by atoms with Crippen LogP contribution in [0.3, 0.4) is 0 Å². The summed E-state index contributed by atoms with van der Waals surface area (Å²) in [6, 6.07) is 9.19. The van der Waals surface area contributed by atoms with Gasteiger partial charge in [0.15, 0.2) is 0 Å². The van der Waals surface area contributed by atoms with Crippen molar-refractivity contribution < 1.29 is 13.2 Å². The first-order valence-corrected chi connectivity index (χ1v) is 9.42. The first-order chi connectivity index (χ1) is 15.3. The van der Waals surface area contributed by atoms with Gasteiger partial charge >= 0.3 is 6.18 Å². The topological polar surface area (TPSA) is 77.4 Å². The molecule has 0 bridgehead atoms. The molecule has 3 aromatic heterocycles. The highest BCUT2D eigenvalue weighted by Gasteiger charge is 2.31. The van der Waals surface area contributed by atoms with Crippen LogP contribution in [0.1, 0.15) is 11.1 Å². The van der Waals surface area contributed by atoms with Crippen LogP contribution in [0, 0.1) is 11.3 Å². The lowest BCUT2D eigenvalue weighted by atomic mass is 10.00. The average Bonchev–Trinajstić information content (AvgIpc) is 3.21. The van der Waals surface area contributed by atoms with Crippen LogP contribution in [0.5, 0.6) is 0 Å². The van der Waals surface area contributed by atoms with Crippen molar-refractivity contribution in [3.63, 3.8) is 0 Å². The number of aromatic nitrogens is 3. The summed E-state index contributed by atoms with van der Waals surface area (Å²) < 4.78 is 40.6. The highest BCUT2D eigenvalue weighted by molar-refractivity contribution is 5.96. The van der Waals surface area contributed by atoms with E-state index in [9.17, 15) is 13.2 Å². The molecule has 32 heavy (non-hydrogen) atoms. The van der Waals surface area contributed by atoms with E-state index < -0.39 is 11.7 Å². The van der Waals surface area contributed by atoms with E-state index in [0.717, 1.165) is 17.7 Å². The molecule has 0 saturated heterocycles. The first-order valence-electron chi connectivity index (χ1n) is 9.42. The number of H-pyrrole nitrogens is 1. The molecule has 5 nitrogen and oxygen atoms in total. The number of pyridine rings is 2. The van der Waals surface area contributed by atoms with E-state index in [2.05, 4.69) is 33.4 Å². The number of anilines is 1. The van der Waals surface area contributed by atoms with Crippen molar-refractivity contribution in [3.05, 3.63) is 91.2 Å². The minimum Gasteiger partial charge on any atom is -0.356 e. The zero-order chi connectivity index (χ0) is 22.9. The summed E-state index contributed by atoms with van der Waals surface area (Å²) in [7, 11) is 0. The van der Waals surface area contributed by atoms with Gasteiger partial charge in [-0.3, -0.25) is 4.98 Å². The number of hydrogen-bond acceptors (Lipinski definition) is 4. The zero-order valence-electron chi connectivity index (χ0n) is 16.7. The summed E-state index contributed by atoms with van der Waals surface area (Å²) >= 11 is 0. The van der Waals surface area contributed by atoms with Crippen LogP contribution >= 0.6 is 0 Å². The van der Waals surface area contributed by atoms with Crippen LogP contribution < -0.4 is 5.32 Å². The van der Waals surface area contributed by atoms with Gasteiger partial charge in [-0.2, -0.15) is 18.4 Å². The summed E-state index contributed by atoms with van der Waals surface area (Å²) in [6.45, 7) is 7.26. The molecule has 0 radical (unpaired) electrons. The summed E-state index contributed by atoms with van der Waals surface area (Å²) in [6.07, 6.45) is 3.20. The van der Waals surface area contributed by atoms with E-state index >= 15 is 0 Å². The molecule has 0 amide bonds. The zero-order valence-corrected chi connectivity index (χ0v) is 16.7. The second-order valence-corrected chi connectivity index (χ2v) is 7.05. The van der Waals surface area contributed by atoms with E-state index in [-0.39, 0.29) is 5.69 Å². The molecule has 4 aromatic rings. The fraction of sp³-hybridized carbons (Fsp3) is 0.0417. The molecule has 3 heterocycles. The maximum absolute atomic E-state index is 13.5. The Morgan fingerprint density at radius 2 is 1.88 bits per heavy atom. The van der Waals surface area contributed by atoms with Gasteiger partial charge in [0, 0.05) is 58.2 Å². The molecule has 8 heteroatoms. The van der Waals surface area contributed by atoms with Gasteiger partial charge in [0.05, 0.1) is 11.1 Å². The van der Waals surface area contributed by atoms with Crippen molar-refractivity contribution >= 4 is 16.7 Å². The highest BCUT2D eigenvalue weighted by Crippen LogP contribution is 2.37. The normalized spacial score (nSPS) is 11.2. The number of allylic oxidation sites excluding steroid dienone is 1. The van der Waals surface area contributed by atoms with Gasteiger partial charge in [0.1, 0.15) is 11.7 Å². The van der Waals surface area contributed by atoms with Crippen molar-refractivity contribution in [1.29, 1.82) is 5.26 Å². The number of hydrogen-bond donors (Lipinski definition) is 2. The van der Waals surface area contributed by atoms with Gasteiger partial charge in [-0.15, -0.1) is 0 Å². The van der Waals surface area contributed by atoms with Gasteiger partial charge in [-0.25, -0.2) is 4.98 Å². The number of nitrogens with one attached hydrogen (secondary N) is 2. The average molecular weight is 431 g/mol. The van der Waals surface area contributed by atoms with Crippen molar-refractivity contribution in [2.24, 2.45) is 0 Å². The number of aromatic amines is 1. The van der Waals surface area contributed by atoms with Crippen LogP contribution in [0.4, 0.5) is 18.9 Å². The Balaban J connectivity index is 1.86. The molecule has 4 rings (SSSR count). The standard InChI is InChI=1S/C24H16F3N5/c1-3-14(2)32-20-6-16(5-19(8-20)24(25,26)27)17-7-21-22(13-31-23(21)30-12-17)18-4-15(9-28)10-29-11-18/h3-8,10-13,32H,1-2H2,(H,30,31). The fourth-order valence-corrected chi connectivity index (χ4v) is 3.31. The molecule has 0 aliphatic heterocycles. The Bertz CT molecular complexity index is 1390. The molecule has 0 fully saturated rings. The maximum Gasteiger partial charge on any atom is 0.416 e. The van der Waals surface area contributed by atoms with Crippen LogP contribution in [-0.2, 0) is 6.18 Å². The maximum atomic E-state index is 13.5. The Morgan fingerprint density at radius 3 is 2.59 bits per heavy atom. The summed E-state index contributed by atoms with van der Waals surface area (Å²) in [5.41, 5.74) is 3.06. The van der Waals surface area contributed by atoms with Gasteiger partial charge in [0.25, 0.3) is 0 Å². The van der Waals surface area contributed by atoms with Gasteiger partial charge < -0.3 is 10.3 Å². The Kier molecular flexibility index (Phi) is 5.24. The van der Waals surface area contributed by atoms with E-state index in [4.69, 9.17) is 5.26 Å². The van der Waals surface area contributed by atoms with Crippen LogP contribution in [0.2, 0.25) is 0 Å². The molecule has 0 unspecified atom stereocenters. The van der Waals surface area contributed by atoms with Gasteiger partial charge in [0.2, 0.25) is 0 Å². The second-order valence-electron chi connectivity index (χ2n) is 7.05. The lowest BCUT2D eigenvalue weighted by Crippen LogP contribution is -2.06. The molecule has 1 aromatic carbocycles. The molecule has 0 atom stereocenters. The fourth-order valence-electron chi connectivity index (χ4n) is 3.31. The molecule has 158 valence electrons. The van der Waals surface area contributed by atoms with Crippen LogP contribution in [0.25, 0.3) is 33.3 Å². The van der Waals surface area contributed by atoms with E-state index in [1.165, 1.54) is 18.5 Å². The van der Waals surface area contributed by atoms with Crippen molar-refractivity contribution in [2.75, 3.05) is 5.32 Å². The largest absolute Gasteiger partial charge is 0.416 e. The van der Waals surface area contributed by atoms with E-state index in [1.54, 1.807) is 30.6 Å². The van der Waals surface area contributed by atoms with Crippen LogP contribution in [-0.4, -0.2) is 15.0 Å². The molecule has 2 N–H and O–H groups in total. The number of benzene rings is 1. The Hall–Kier alpha value is -4.38. The predicted molar refractivity (Wildman–Crippen MR) is 117 cm³/mol. The summed E-state index contributed by atoms with van der Waals surface area (Å²) in [5, 5.41) is 12.7. The molecule has 0 spiro atoms. The Labute approximate surface area is 181 Å². The monoisotopic (exact) mass is 431 g/mol. The Morgan fingerprint density at radius 1 is 1.06 bits per heavy atom. The smallest absolute Gasteiger partial charge is 0.356 e. The van der Waals surface area contributed by atoms with E-state index in [1.807, 2.05) is 6.07 Å². The third-order valence-electron chi connectivity index (χ3n) is 4.85. The molecular formula is C24H16F3N5. The number of alkyl halides is 3. The molecular weight excluding hydrogens is 415 g/mol. The summed E-state index contributed by atoms with van der Waals surface area (Å²) in [5.74, 6) is 0. The van der Waals surface area contributed by atoms with Gasteiger partial charge in [-0.1, -0.05) is 13.2 Å². The highest BCUT2D eigenvalue weighted by atomic mass is 19.4. The number of rotatable bonds is 5. The first kappa shape index (κ1) is 20.9. The van der Waals surface area contributed by atoms with Crippen LogP contribution in [0.15, 0.2) is 80.1 Å². The van der Waals surface area contributed by atoms with E-state index in [0.29, 0.717) is 39.0 Å². The lowest BCUT2D eigenvalue weighted by Gasteiger charge is -2.14. The van der Waals surface area contributed by atoms with Crippen molar-refractivity contribution in [2.45, 2.75) is 6.18 Å². The van der Waals surface area contributed by atoms with Gasteiger partial charge in [-0.05, 0) is 42.0 Å². The van der Waals surface area contributed by atoms with Crippen molar-refractivity contribution in [3.8, 4) is 28.3 Å². The third kappa shape index (κ3) is 4.09. The molecule has 0 saturated carbocycles. The van der Waals surface area contributed by atoms with Crippen molar-refractivity contribution in [1.82, 2.24) is 15.0 Å². The number of nitrogens with zero attached hydrogens (tertiary/aromatic N) is 3. The molecule has 0 aliphatic rings. The minimum absolute atomic E-state index is 0.236. The SMILES string of the molecule is C=CC(=C)Nc1cc(-c2cnc3[nH]cc(-c4cncc(C#N)c4)c3c2)cc(C(F)(F)F)c1. The third-order valence-corrected chi connectivity index (χ3v) is 4.85. The summed E-state index contributed by atoms with van der Waals surface area (Å²) in [4.78, 5) is 11.5. The minimum atomic E-state index is -4.53. The number of halogens is 3. The quantitative estimate of drug-likeness (QED) is 0.364. The second kappa shape index (κ2) is 8.04. The lowest BCUT2D eigenvalue weighted by molar-refractivity contribution is -0.137. The number of fused-ring (bicyclic) bond motifs is 1. The number of nitriles is 1.